The van der Waals surface area contributed by atoms with Crippen LogP contribution in [0.4, 0.5) is 0 Å². The highest BCUT2D eigenvalue weighted by atomic mass is 32.1. The second-order valence-electron chi connectivity index (χ2n) is 14.0. The largest absolute Gasteiger partial charge is 0.308 e. The van der Waals surface area contributed by atoms with E-state index < -0.39 is 0 Å². The monoisotopic (exact) mass is 657 g/mol. The predicted octanol–water partition coefficient (Wildman–Crippen LogP) is 12.5. The van der Waals surface area contributed by atoms with Crippen LogP contribution in [0, 0.1) is 0 Å². The summed E-state index contributed by atoms with van der Waals surface area (Å²) in [7, 11) is 0. The van der Waals surface area contributed by atoms with Crippen molar-refractivity contribution in [3.63, 3.8) is 0 Å². The van der Waals surface area contributed by atoms with E-state index in [1.807, 2.05) is 11.3 Å². The zero-order valence-corrected chi connectivity index (χ0v) is 28.5. The minimum absolute atomic E-state index is 0.159. The van der Waals surface area contributed by atoms with E-state index in [9.17, 15) is 0 Å². The molecule has 0 amide bonds. The molecule has 10 aromatic rings. The minimum atomic E-state index is -0.159. The van der Waals surface area contributed by atoms with Gasteiger partial charge in [0.05, 0.1) is 22.1 Å². The van der Waals surface area contributed by atoms with Crippen molar-refractivity contribution >= 4 is 64.3 Å². The van der Waals surface area contributed by atoms with Crippen molar-refractivity contribution < 1.29 is 0 Å². The molecule has 11 rings (SSSR count). The van der Waals surface area contributed by atoms with E-state index in [0.717, 1.165) is 33.8 Å². The number of thiophene rings is 1. The molecular formula is C46H31N3S. The van der Waals surface area contributed by atoms with Crippen LogP contribution >= 0.6 is 11.3 Å². The summed E-state index contributed by atoms with van der Waals surface area (Å²) in [6, 6.07) is 55.3. The lowest BCUT2D eigenvalue weighted by Gasteiger charge is -2.23. The van der Waals surface area contributed by atoms with Gasteiger partial charge < -0.3 is 4.57 Å². The van der Waals surface area contributed by atoms with Crippen LogP contribution in [-0.2, 0) is 5.41 Å². The molecule has 1 aliphatic rings. The molecule has 0 aliphatic heterocycles. The lowest BCUT2D eigenvalue weighted by molar-refractivity contribution is 0.664. The SMILES string of the molecule is CC1(C)c2ccccc2-c2ccc3c4ccc5sc6ccccc6c5c4n(-c4ccc(-c5nc6ccccc6n5-c5ccccc5)cc4)c3c21. The predicted molar refractivity (Wildman–Crippen MR) is 211 cm³/mol. The molecule has 0 saturated heterocycles. The van der Waals surface area contributed by atoms with Gasteiger partial charge in [-0.2, -0.15) is 0 Å². The molecule has 3 aromatic heterocycles. The van der Waals surface area contributed by atoms with Gasteiger partial charge in [0.2, 0.25) is 0 Å². The number of para-hydroxylation sites is 3. The highest BCUT2D eigenvalue weighted by Gasteiger charge is 2.38. The molecule has 0 radical (unpaired) electrons. The standard InChI is InChI=1S/C46H31N3S/c1-46(2)36-16-8-6-14-31(36)32-24-25-34-33-26-27-40-41(35-15-7-11-19-39(35)50-40)43(33)49(44(34)42(32)46)30-22-20-28(21-23-30)45-47-37-17-9-10-18-38(37)48(45)29-12-4-3-5-13-29/h3-27H,1-2H3. The Kier molecular flexibility index (Phi) is 5.61. The zero-order chi connectivity index (χ0) is 33.1. The molecule has 7 aromatic carbocycles. The lowest BCUT2D eigenvalue weighted by atomic mass is 9.81. The van der Waals surface area contributed by atoms with Crippen molar-refractivity contribution in [3.8, 4) is 33.9 Å². The maximum absolute atomic E-state index is 5.17. The van der Waals surface area contributed by atoms with Crippen molar-refractivity contribution in [1.29, 1.82) is 0 Å². The van der Waals surface area contributed by atoms with Gasteiger partial charge in [-0.15, -0.1) is 11.3 Å². The fourth-order valence-electron chi connectivity index (χ4n) is 8.73. The number of fused-ring (bicyclic) bond motifs is 12. The first-order valence-corrected chi connectivity index (χ1v) is 18.0. The van der Waals surface area contributed by atoms with Crippen molar-refractivity contribution in [2.45, 2.75) is 19.3 Å². The number of hydrogen-bond donors (Lipinski definition) is 0. The molecule has 0 fully saturated rings. The van der Waals surface area contributed by atoms with Gasteiger partial charge in [0.15, 0.2) is 0 Å². The van der Waals surface area contributed by atoms with Crippen LogP contribution < -0.4 is 0 Å². The first-order chi connectivity index (χ1) is 24.6. The smallest absolute Gasteiger partial charge is 0.145 e. The average Bonchev–Trinajstić information content (AvgIpc) is 3.89. The Labute approximate surface area is 293 Å². The van der Waals surface area contributed by atoms with Gasteiger partial charge in [0, 0.05) is 53.3 Å². The molecule has 1 aliphatic carbocycles. The van der Waals surface area contributed by atoms with E-state index >= 15 is 0 Å². The summed E-state index contributed by atoms with van der Waals surface area (Å²) in [6.07, 6.45) is 0. The molecule has 0 N–H and O–H groups in total. The van der Waals surface area contributed by atoms with Crippen molar-refractivity contribution in [2.24, 2.45) is 0 Å². The van der Waals surface area contributed by atoms with Crippen LogP contribution in [-0.4, -0.2) is 14.1 Å². The molecule has 0 spiro atoms. The van der Waals surface area contributed by atoms with Crippen LogP contribution in [0.2, 0.25) is 0 Å². The average molecular weight is 658 g/mol. The van der Waals surface area contributed by atoms with Gasteiger partial charge >= 0.3 is 0 Å². The van der Waals surface area contributed by atoms with Crippen LogP contribution in [0.5, 0.6) is 0 Å². The van der Waals surface area contributed by atoms with Crippen LogP contribution in [0.25, 0.3) is 86.9 Å². The third-order valence-electron chi connectivity index (χ3n) is 10.9. The summed E-state index contributed by atoms with van der Waals surface area (Å²) in [5.74, 6) is 0.940. The molecular weight excluding hydrogens is 627 g/mol. The Hall–Kier alpha value is -5.97. The summed E-state index contributed by atoms with van der Waals surface area (Å²) in [5, 5.41) is 5.23. The van der Waals surface area contributed by atoms with Crippen LogP contribution in [0.1, 0.15) is 25.0 Å². The highest BCUT2D eigenvalue weighted by molar-refractivity contribution is 7.26. The van der Waals surface area contributed by atoms with E-state index in [-0.39, 0.29) is 5.41 Å². The van der Waals surface area contributed by atoms with E-state index in [1.165, 1.54) is 64.2 Å². The van der Waals surface area contributed by atoms with Crippen molar-refractivity contribution in [1.82, 2.24) is 14.1 Å². The first-order valence-electron chi connectivity index (χ1n) is 17.2. The Morgan fingerprint density at radius 3 is 2.10 bits per heavy atom. The fraction of sp³-hybridized carbons (Fsp3) is 0.0652. The van der Waals surface area contributed by atoms with Gasteiger partial charge in [-0.25, -0.2) is 4.98 Å². The summed E-state index contributed by atoms with van der Waals surface area (Å²) < 4.78 is 7.48. The number of rotatable bonds is 3. The summed E-state index contributed by atoms with van der Waals surface area (Å²) in [5.41, 5.74) is 13.3. The molecule has 4 heteroatoms. The number of hydrogen-bond acceptors (Lipinski definition) is 2. The van der Waals surface area contributed by atoms with Gasteiger partial charge in [0.1, 0.15) is 5.82 Å². The Morgan fingerprint density at radius 1 is 0.520 bits per heavy atom. The fourth-order valence-corrected chi connectivity index (χ4v) is 9.84. The summed E-state index contributed by atoms with van der Waals surface area (Å²) in [6.45, 7) is 4.79. The molecule has 0 unspecified atom stereocenters. The van der Waals surface area contributed by atoms with Gasteiger partial charge in [-0.1, -0.05) is 105 Å². The van der Waals surface area contributed by atoms with Gasteiger partial charge in [-0.05, 0) is 82.9 Å². The number of imidazole rings is 1. The quantitative estimate of drug-likeness (QED) is 0.185. The zero-order valence-electron chi connectivity index (χ0n) is 27.7. The van der Waals surface area contributed by atoms with Crippen molar-refractivity contribution in [2.75, 3.05) is 0 Å². The highest BCUT2D eigenvalue weighted by Crippen LogP contribution is 2.54. The number of benzene rings is 7. The van der Waals surface area contributed by atoms with E-state index in [0.29, 0.717) is 0 Å². The third kappa shape index (κ3) is 3.66. The van der Waals surface area contributed by atoms with Gasteiger partial charge in [0.25, 0.3) is 0 Å². The molecule has 0 atom stereocenters. The minimum Gasteiger partial charge on any atom is -0.308 e. The van der Waals surface area contributed by atoms with E-state index in [2.05, 4.69) is 175 Å². The van der Waals surface area contributed by atoms with Crippen LogP contribution in [0.3, 0.4) is 0 Å². The summed E-state index contributed by atoms with van der Waals surface area (Å²) >= 11 is 1.88. The Morgan fingerprint density at radius 2 is 1.22 bits per heavy atom. The molecule has 3 nitrogen and oxygen atoms in total. The normalized spacial score (nSPS) is 13.6. The lowest BCUT2D eigenvalue weighted by Crippen LogP contribution is -2.16. The van der Waals surface area contributed by atoms with Crippen LogP contribution in [0.15, 0.2) is 152 Å². The molecule has 0 bridgehead atoms. The Balaban J connectivity index is 1.23. The van der Waals surface area contributed by atoms with Gasteiger partial charge in [-0.3, -0.25) is 4.57 Å². The second-order valence-corrected chi connectivity index (χ2v) is 15.0. The Bertz CT molecular complexity index is 2990. The molecule has 236 valence electrons. The molecule has 3 heterocycles. The molecule has 50 heavy (non-hydrogen) atoms. The first kappa shape index (κ1) is 27.9. The maximum Gasteiger partial charge on any atom is 0.145 e. The van der Waals surface area contributed by atoms with E-state index in [4.69, 9.17) is 4.98 Å². The topological polar surface area (TPSA) is 22.8 Å². The van der Waals surface area contributed by atoms with E-state index in [1.54, 1.807) is 0 Å². The number of aromatic nitrogens is 3. The molecule has 0 saturated carbocycles. The third-order valence-corrected chi connectivity index (χ3v) is 12.0. The second kappa shape index (κ2) is 10.0. The van der Waals surface area contributed by atoms with Crippen molar-refractivity contribution in [3.05, 3.63) is 163 Å². The number of nitrogens with zero attached hydrogens (tertiary/aromatic N) is 3. The summed E-state index contributed by atoms with van der Waals surface area (Å²) in [4.78, 5) is 5.17. The maximum atomic E-state index is 5.17.